The summed E-state index contributed by atoms with van der Waals surface area (Å²) < 4.78 is 5.67. The molecule has 0 aromatic carbocycles. The van der Waals surface area contributed by atoms with Crippen LogP contribution in [0.3, 0.4) is 0 Å². The fourth-order valence-electron chi connectivity index (χ4n) is 1.68. The number of hydrogen-bond donors (Lipinski definition) is 2. The lowest BCUT2D eigenvalue weighted by molar-refractivity contribution is 0.0283. The van der Waals surface area contributed by atoms with Crippen LogP contribution < -0.4 is 10.6 Å². The number of terminal acetylenes is 1. The predicted molar refractivity (Wildman–Crippen MR) is 81.8 cm³/mol. The quantitative estimate of drug-likeness (QED) is 0.348. The highest BCUT2D eigenvalue weighted by atomic mass is 127. The Hall–Kier alpha value is -0.480. The number of aliphatic imine (C=N–C) groups is 1. The molecule has 4 nitrogen and oxygen atoms in total. The highest BCUT2D eigenvalue weighted by Gasteiger charge is 2.29. The van der Waals surface area contributed by atoms with Gasteiger partial charge < -0.3 is 15.4 Å². The van der Waals surface area contributed by atoms with E-state index in [4.69, 9.17) is 11.2 Å². The largest absolute Gasteiger partial charge is 0.373 e. The van der Waals surface area contributed by atoms with Crippen molar-refractivity contribution in [1.29, 1.82) is 0 Å². The summed E-state index contributed by atoms with van der Waals surface area (Å²) in [4.78, 5) is 4.48. The number of halogens is 1. The zero-order valence-corrected chi connectivity index (χ0v) is 12.9. The van der Waals surface area contributed by atoms with Crippen molar-refractivity contribution in [2.24, 2.45) is 4.99 Å². The fraction of sp³-hybridized carbons (Fsp3) is 0.750. The third kappa shape index (κ3) is 6.13. The summed E-state index contributed by atoms with van der Waals surface area (Å²) in [6.07, 6.45) is 7.40. The molecule has 0 radical (unpaired) electrons. The average Bonchev–Trinajstić information content (AvgIpc) is 2.70. The van der Waals surface area contributed by atoms with E-state index in [1.807, 2.05) is 6.92 Å². The first-order valence-corrected chi connectivity index (χ1v) is 5.80. The van der Waals surface area contributed by atoms with E-state index in [2.05, 4.69) is 28.5 Å². The normalized spacial score (nSPS) is 23.7. The lowest BCUT2D eigenvalue weighted by atomic mass is 10.0. The summed E-state index contributed by atoms with van der Waals surface area (Å²) >= 11 is 0. The van der Waals surface area contributed by atoms with Crippen molar-refractivity contribution >= 4 is 29.9 Å². The Balaban J connectivity index is 0.00000256. The minimum absolute atomic E-state index is 0. The second-order valence-electron chi connectivity index (χ2n) is 4.15. The van der Waals surface area contributed by atoms with Crippen molar-refractivity contribution in [3.05, 3.63) is 0 Å². The molecule has 1 aliphatic heterocycles. The minimum atomic E-state index is -0.0987. The SMILES string of the molecule is C#CCNC(=NCC1(C)CCCO1)NCC.I. The summed E-state index contributed by atoms with van der Waals surface area (Å²) in [5.74, 6) is 3.29. The number of nitrogens with one attached hydrogen (secondary N) is 2. The smallest absolute Gasteiger partial charge is 0.192 e. The van der Waals surface area contributed by atoms with Gasteiger partial charge in [-0.2, -0.15) is 0 Å². The van der Waals surface area contributed by atoms with E-state index in [1.54, 1.807) is 0 Å². The molecule has 1 heterocycles. The highest BCUT2D eigenvalue weighted by molar-refractivity contribution is 14.0. The first-order chi connectivity index (χ1) is 7.70. The summed E-state index contributed by atoms with van der Waals surface area (Å²) in [5, 5.41) is 6.21. The van der Waals surface area contributed by atoms with E-state index >= 15 is 0 Å². The van der Waals surface area contributed by atoms with Crippen molar-refractivity contribution in [1.82, 2.24) is 10.6 Å². The molecule has 1 rings (SSSR count). The molecule has 0 spiro atoms. The van der Waals surface area contributed by atoms with Crippen LogP contribution >= 0.6 is 24.0 Å². The van der Waals surface area contributed by atoms with Gasteiger partial charge in [-0.15, -0.1) is 30.4 Å². The van der Waals surface area contributed by atoms with Gasteiger partial charge in [0.2, 0.25) is 0 Å². The van der Waals surface area contributed by atoms with Crippen LogP contribution in [0.25, 0.3) is 0 Å². The Morgan fingerprint density at radius 2 is 2.29 bits per heavy atom. The van der Waals surface area contributed by atoms with Crippen LogP contribution in [-0.4, -0.2) is 37.8 Å². The van der Waals surface area contributed by atoms with Gasteiger partial charge in [0.05, 0.1) is 18.7 Å². The van der Waals surface area contributed by atoms with E-state index in [0.717, 1.165) is 32.0 Å². The number of nitrogens with zero attached hydrogens (tertiary/aromatic N) is 1. The molecule has 98 valence electrons. The summed E-state index contributed by atoms with van der Waals surface area (Å²) in [6, 6.07) is 0. The Labute approximate surface area is 121 Å². The van der Waals surface area contributed by atoms with Crippen molar-refractivity contribution in [3.63, 3.8) is 0 Å². The highest BCUT2D eigenvalue weighted by Crippen LogP contribution is 2.24. The summed E-state index contributed by atoms with van der Waals surface area (Å²) in [5.41, 5.74) is -0.0987. The van der Waals surface area contributed by atoms with Crippen LogP contribution in [-0.2, 0) is 4.74 Å². The van der Waals surface area contributed by atoms with Crippen LogP contribution in [0.4, 0.5) is 0 Å². The number of ether oxygens (including phenoxy) is 1. The van der Waals surface area contributed by atoms with Crippen LogP contribution in [0.5, 0.6) is 0 Å². The zero-order chi connectivity index (χ0) is 11.9. The molecule has 1 saturated heterocycles. The molecule has 1 atom stereocenters. The van der Waals surface area contributed by atoms with Crippen LogP contribution in [0, 0.1) is 12.3 Å². The van der Waals surface area contributed by atoms with Crippen molar-refractivity contribution in [3.8, 4) is 12.3 Å². The van der Waals surface area contributed by atoms with Gasteiger partial charge in [-0.05, 0) is 26.7 Å². The van der Waals surface area contributed by atoms with Crippen molar-refractivity contribution < 1.29 is 4.74 Å². The third-order valence-electron chi connectivity index (χ3n) is 2.57. The molecule has 0 amide bonds. The molecule has 1 unspecified atom stereocenters. The third-order valence-corrected chi connectivity index (χ3v) is 2.57. The number of guanidine groups is 1. The van der Waals surface area contributed by atoms with E-state index in [-0.39, 0.29) is 29.6 Å². The molecule has 0 saturated carbocycles. The van der Waals surface area contributed by atoms with Crippen molar-refractivity contribution in [2.75, 3.05) is 26.2 Å². The van der Waals surface area contributed by atoms with Gasteiger partial charge in [0, 0.05) is 13.2 Å². The molecule has 2 N–H and O–H groups in total. The van der Waals surface area contributed by atoms with E-state index in [0.29, 0.717) is 13.1 Å². The van der Waals surface area contributed by atoms with Gasteiger partial charge in [-0.25, -0.2) is 0 Å². The maximum atomic E-state index is 5.67. The van der Waals surface area contributed by atoms with Crippen LogP contribution in [0.2, 0.25) is 0 Å². The van der Waals surface area contributed by atoms with Crippen molar-refractivity contribution in [2.45, 2.75) is 32.3 Å². The van der Waals surface area contributed by atoms with Gasteiger partial charge in [-0.1, -0.05) is 5.92 Å². The van der Waals surface area contributed by atoms with E-state index < -0.39 is 0 Å². The Kier molecular flexibility index (Phi) is 8.35. The average molecular weight is 351 g/mol. The monoisotopic (exact) mass is 351 g/mol. The molecule has 5 heteroatoms. The molecular formula is C12H22IN3O. The van der Waals surface area contributed by atoms with Crippen LogP contribution in [0.1, 0.15) is 26.7 Å². The van der Waals surface area contributed by atoms with E-state index in [1.165, 1.54) is 0 Å². The molecule has 0 aliphatic carbocycles. The molecule has 0 aromatic rings. The molecular weight excluding hydrogens is 329 g/mol. The number of hydrogen-bond acceptors (Lipinski definition) is 2. The second-order valence-corrected chi connectivity index (χ2v) is 4.15. The molecule has 17 heavy (non-hydrogen) atoms. The predicted octanol–water partition coefficient (Wildman–Crippen LogP) is 1.36. The molecule has 1 aliphatic rings. The first-order valence-electron chi connectivity index (χ1n) is 5.80. The first kappa shape index (κ1) is 16.5. The maximum Gasteiger partial charge on any atom is 0.192 e. The Morgan fingerprint density at radius 1 is 1.53 bits per heavy atom. The second kappa shape index (κ2) is 8.59. The van der Waals surface area contributed by atoms with E-state index in [9.17, 15) is 0 Å². The lowest BCUT2D eigenvalue weighted by Crippen LogP contribution is -2.39. The summed E-state index contributed by atoms with van der Waals surface area (Å²) in [7, 11) is 0. The molecule has 0 bridgehead atoms. The molecule has 1 fully saturated rings. The summed E-state index contributed by atoms with van der Waals surface area (Å²) in [6.45, 7) is 6.97. The minimum Gasteiger partial charge on any atom is -0.373 e. The van der Waals surface area contributed by atoms with Gasteiger partial charge in [0.25, 0.3) is 0 Å². The lowest BCUT2D eigenvalue weighted by Gasteiger charge is -2.21. The maximum absolute atomic E-state index is 5.67. The zero-order valence-electron chi connectivity index (χ0n) is 10.6. The van der Waals surface area contributed by atoms with Crippen LogP contribution in [0.15, 0.2) is 4.99 Å². The topological polar surface area (TPSA) is 45.7 Å². The Morgan fingerprint density at radius 3 is 2.82 bits per heavy atom. The van der Waals surface area contributed by atoms with Gasteiger partial charge in [-0.3, -0.25) is 4.99 Å². The Bertz CT molecular complexity index is 280. The molecule has 0 aromatic heterocycles. The fourth-order valence-corrected chi connectivity index (χ4v) is 1.68. The van der Waals surface area contributed by atoms with Gasteiger partial charge in [0.15, 0.2) is 5.96 Å². The number of rotatable bonds is 4. The van der Waals surface area contributed by atoms with Gasteiger partial charge >= 0.3 is 0 Å². The van der Waals surface area contributed by atoms with Gasteiger partial charge in [0.1, 0.15) is 0 Å². The standard InChI is InChI=1S/C12H21N3O.HI/c1-4-8-14-11(13-5-2)15-10-12(3)7-6-9-16-12;/h1H,5-10H2,2-3H3,(H2,13,14,15);1H.